The Labute approximate surface area is 140 Å². The zero-order chi connectivity index (χ0) is 16.6. The fourth-order valence-electron chi connectivity index (χ4n) is 2.35. The van der Waals surface area contributed by atoms with Crippen molar-refractivity contribution in [2.75, 3.05) is 0 Å². The number of aromatic nitrogens is 1. The quantitative estimate of drug-likeness (QED) is 0.628. The van der Waals surface area contributed by atoms with E-state index in [-0.39, 0.29) is 16.7 Å². The van der Waals surface area contributed by atoms with Gasteiger partial charge in [-0.1, -0.05) is 22.8 Å². The predicted molar refractivity (Wildman–Crippen MR) is 83.6 cm³/mol. The Hall–Kier alpha value is -1.54. The van der Waals surface area contributed by atoms with Gasteiger partial charge in [-0.15, -0.1) is 0 Å². The molecule has 0 bridgehead atoms. The van der Waals surface area contributed by atoms with Crippen LogP contribution >= 0.6 is 11.6 Å². The van der Waals surface area contributed by atoms with Crippen LogP contribution in [-0.2, 0) is 15.5 Å². The van der Waals surface area contributed by atoms with E-state index >= 15 is 0 Å². The Kier molecular flexibility index (Phi) is 4.63. The zero-order valence-corrected chi connectivity index (χ0v) is 13.8. The molecule has 0 radical (unpaired) electrons. The number of hydrogen-bond acceptors (Lipinski definition) is 5. The van der Waals surface area contributed by atoms with Gasteiger partial charge >= 0.3 is 11.4 Å². The van der Waals surface area contributed by atoms with Crippen LogP contribution in [-0.4, -0.2) is 19.7 Å². The molecule has 1 aliphatic rings. The second-order valence-electron chi connectivity index (χ2n) is 5.40. The van der Waals surface area contributed by atoms with Crippen LogP contribution in [0.15, 0.2) is 28.9 Å². The first kappa shape index (κ1) is 16.3. The number of halogens is 1. The van der Waals surface area contributed by atoms with Gasteiger partial charge < -0.3 is 4.52 Å². The third-order valence-corrected chi connectivity index (χ3v) is 4.49. The topological polar surface area (TPSA) is 89.6 Å². The van der Waals surface area contributed by atoms with Gasteiger partial charge in [0.05, 0.1) is 22.9 Å². The van der Waals surface area contributed by atoms with Crippen LogP contribution in [0, 0.1) is 0 Å². The molecule has 0 amide bonds. The van der Waals surface area contributed by atoms with Gasteiger partial charge in [-0.3, -0.25) is 13.5 Å². The first-order valence-electron chi connectivity index (χ1n) is 7.04. The van der Waals surface area contributed by atoms with Gasteiger partial charge in [-0.2, -0.15) is 4.21 Å². The van der Waals surface area contributed by atoms with Crippen molar-refractivity contribution in [3.8, 4) is 0 Å². The molecule has 3 rings (SSSR count). The lowest BCUT2D eigenvalue weighted by Crippen LogP contribution is -2.06. The number of nitrogens with zero attached hydrogens (tertiary/aromatic N) is 1. The minimum Gasteiger partial charge on any atom is -0.360 e. The summed E-state index contributed by atoms with van der Waals surface area (Å²) in [4.78, 5) is 12.6. The van der Waals surface area contributed by atoms with E-state index in [1.807, 2.05) is 0 Å². The third kappa shape index (κ3) is 3.53. The predicted octanol–water partition coefficient (Wildman–Crippen LogP) is 3.65. The fourth-order valence-corrected chi connectivity index (χ4v) is 2.98. The number of ketones is 1. The number of carbonyl (C=O) groups excluding carboxylic acids is 1. The van der Waals surface area contributed by atoms with E-state index in [0.717, 1.165) is 12.8 Å². The summed E-state index contributed by atoms with van der Waals surface area (Å²) in [6.45, 7) is 1.62. The van der Waals surface area contributed by atoms with Gasteiger partial charge in [-0.05, 0) is 37.5 Å². The van der Waals surface area contributed by atoms with Crippen LogP contribution in [0.5, 0.6) is 0 Å². The second kappa shape index (κ2) is 6.52. The molecule has 1 aromatic heterocycles. The van der Waals surface area contributed by atoms with E-state index < -0.39 is 17.5 Å². The van der Waals surface area contributed by atoms with Crippen LogP contribution < -0.4 is 0 Å². The first-order chi connectivity index (χ1) is 11.0. The molecule has 1 aliphatic carbocycles. The van der Waals surface area contributed by atoms with E-state index in [9.17, 15) is 9.00 Å². The highest BCUT2D eigenvalue weighted by Crippen LogP contribution is 2.42. The van der Waals surface area contributed by atoms with Gasteiger partial charge in [-0.25, -0.2) is 0 Å². The number of hydrogen-bond donors (Lipinski definition) is 1. The lowest BCUT2D eigenvalue weighted by atomic mass is 10.00. The lowest BCUT2D eigenvalue weighted by molar-refractivity contribution is 0.103. The van der Waals surface area contributed by atoms with Gasteiger partial charge in [0.25, 0.3) is 0 Å². The van der Waals surface area contributed by atoms with Gasteiger partial charge in [0.1, 0.15) is 0 Å². The smallest absolute Gasteiger partial charge is 0.302 e. The highest BCUT2D eigenvalue weighted by atomic mass is 35.5. The average Bonchev–Trinajstić information content (AvgIpc) is 3.23. The molecular formula is C15H14ClNO5S. The molecule has 1 heterocycles. The lowest BCUT2D eigenvalue weighted by Gasteiger charge is -2.11. The molecule has 2 unspecified atom stereocenters. The minimum absolute atomic E-state index is 0.245. The molecular weight excluding hydrogens is 342 g/mol. The van der Waals surface area contributed by atoms with Crippen molar-refractivity contribution in [3.63, 3.8) is 0 Å². The first-order valence-corrected chi connectivity index (χ1v) is 8.45. The van der Waals surface area contributed by atoms with Crippen molar-refractivity contribution in [1.82, 2.24) is 5.16 Å². The standard InChI is InChI=1S/C15H14ClNO5S/c1-8(22-23(19)20)10-4-5-11(13(16)6-10)14(18)12-7-17-21-15(12)9-2-3-9/h4-9H,2-3H2,1H3,(H,19,20). The summed E-state index contributed by atoms with van der Waals surface area (Å²) in [5, 5.41) is 3.96. The van der Waals surface area contributed by atoms with Crippen molar-refractivity contribution in [2.45, 2.75) is 31.8 Å². The molecule has 122 valence electrons. The molecule has 2 aromatic rings. The number of carbonyl (C=O) groups is 1. The monoisotopic (exact) mass is 355 g/mol. The molecule has 1 fully saturated rings. The molecule has 8 heteroatoms. The van der Waals surface area contributed by atoms with Gasteiger partial charge in [0.15, 0.2) is 11.5 Å². The highest BCUT2D eigenvalue weighted by molar-refractivity contribution is 7.74. The Balaban J connectivity index is 1.86. The normalized spacial score (nSPS) is 17.0. The Morgan fingerprint density at radius 1 is 1.48 bits per heavy atom. The minimum atomic E-state index is -2.37. The fraction of sp³-hybridized carbons (Fsp3) is 0.333. The van der Waals surface area contributed by atoms with Crippen molar-refractivity contribution >= 4 is 28.7 Å². The summed E-state index contributed by atoms with van der Waals surface area (Å²) >= 11 is 3.83. The molecule has 6 nitrogen and oxygen atoms in total. The van der Waals surface area contributed by atoms with E-state index in [4.69, 9.17) is 24.9 Å². The molecule has 0 aliphatic heterocycles. The SMILES string of the molecule is CC(OS(=O)O)c1ccc(C(=O)c2cnoc2C2CC2)c(Cl)c1. The third-order valence-electron chi connectivity index (χ3n) is 3.72. The van der Waals surface area contributed by atoms with E-state index in [2.05, 4.69) is 5.16 Å². The maximum Gasteiger partial charge on any atom is 0.302 e. The molecule has 1 N–H and O–H groups in total. The number of rotatable bonds is 6. The van der Waals surface area contributed by atoms with Crippen LogP contribution in [0.3, 0.4) is 0 Å². The Morgan fingerprint density at radius 2 is 2.22 bits per heavy atom. The van der Waals surface area contributed by atoms with Gasteiger partial charge in [0.2, 0.25) is 0 Å². The molecule has 1 aromatic carbocycles. The van der Waals surface area contributed by atoms with E-state index in [0.29, 0.717) is 22.5 Å². The van der Waals surface area contributed by atoms with E-state index in [1.54, 1.807) is 25.1 Å². The van der Waals surface area contributed by atoms with Crippen molar-refractivity contribution < 1.29 is 22.3 Å². The molecule has 23 heavy (non-hydrogen) atoms. The van der Waals surface area contributed by atoms with Crippen LogP contribution in [0.2, 0.25) is 5.02 Å². The van der Waals surface area contributed by atoms with Crippen molar-refractivity contribution in [2.24, 2.45) is 0 Å². The van der Waals surface area contributed by atoms with Crippen LogP contribution in [0.1, 0.15) is 59.0 Å². The van der Waals surface area contributed by atoms with Crippen LogP contribution in [0.4, 0.5) is 0 Å². The molecule has 1 saturated carbocycles. The summed E-state index contributed by atoms with van der Waals surface area (Å²) in [5.74, 6) is 0.633. The van der Waals surface area contributed by atoms with Crippen molar-refractivity contribution in [1.29, 1.82) is 0 Å². The second-order valence-corrected chi connectivity index (χ2v) is 6.44. The summed E-state index contributed by atoms with van der Waals surface area (Å²) < 4.78 is 29.4. The van der Waals surface area contributed by atoms with Crippen LogP contribution in [0.25, 0.3) is 0 Å². The summed E-state index contributed by atoms with van der Waals surface area (Å²) in [5.41, 5.74) is 1.36. The van der Waals surface area contributed by atoms with E-state index in [1.165, 1.54) is 6.20 Å². The maximum absolute atomic E-state index is 12.6. The summed E-state index contributed by atoms with van der Waals surface area (Å²) in [6.07, 6.45) is 2.78. The Bertz CT molecular complexity index is 771. The average molecular weight is 356 g/mol. The molecule has 2 atom stereocenters. The molecule has 0 spiro atoms. The zero-order valence-electron chi connectivity index (χ0n) is 12.2. The van der Waals surface area contributed by atoms with Gasteiger partial charge in [0, 0.05) is 11.5 Å². The van der Waals surface area contributed by atoms with Crippen molar-refractivity contribution in [3.05, 3.63) is 51.9 Å². The largest absolute Gasteiger partial charge is 0.360 e. The maximum atomic E-state index is 12.6. The Morgan fingerprint density at radius 3 is 2.83 bits per heavy atom. The summed E-state index contributed by atoms with van der Waals surface area (Å²) in [7, 11) is 0. The highest BCUT2D eigenvalue weighted by Gasteiger charge is 2.33. The summed E-state index contributed by atoms with van der Waals surface area (Å²) in [6, 6.07) is 4.77. The molecule has 0 saturated heterocycles. The number of benzene rings is 1.